The zero-order valence-corrected chi connectivity index (χ0v) is 12.1. The predicted molar refractivity (Wildman–Crippen MR) is 69.6 cm³/mol. The molecular formula is C11H20BrN3O2. The fourth-order valence-corrected chi connectivity index (χ4v) is 2.23. The first-order valence-electron chi connectivity index (χ1n) is 5.85. The van der Waals surface area contributed by atoms with Gasteiger partial charge in [0.25, 0.3) is 0 Å². The third-order valence-electron chi connectivity index (χ3n) is 2.40. The minimum Gasteiger partial charge on any atom is -0.351 e. The molecule has 2 N–H and O–H groups in total. The van der Waals surface area contributed by atoms with Crippen molar-refractivity contribution >= 4 is 15.9 Å². The lowest BCUT2D eigenvalue weighted by atomic mass is 10.2. The monoisotopic (exact) mass is 305 g/mol. The SMILES string of the molecule is CCOC(OCC)C(N)c1c(Br)cnn1CC. The summed E-state index contributed by atoms with van der Waals surface area (Å²) in [5, 5.41) is 4.24. The van der Waals surface area contributed by atoms with Crippen LogP contribution in [-0.2, 0) is 16.0 Å². The molecule has 0 saturated carbocycles. The minimum absolute atomic E-state index is 0.355. The zero-order valence-electron chi connectivity index (χ0n) is 10.5. The lowest BCUT2D eigenvalue weighted by molar-refractivity contribution is -0.150. The molecule has 1 atom stereocenters. The number of hydrogen-bond donors (Lipinski definition) is 1. The van der Waals surface area contributed by atoms with E-state index in [1.54, 1.807) is 6.20 Å². The van der Waals surface area contributed by atoms with Crippen molar-refractivity contribution in [1.29, 1.82) is 0 Å². The van der Waals surface area contributed by atoms with Crippen LogP contribution in [0.4, 0.5) is 0 Å². The smallest absolute Gasteiger partial charge is 0.178 e. The highest BCUT2D eigenvalue weighted by molar-refractivity contribution is 9.10. The average Bonchev–Trinajstić information content (AvgIpc) is 2.69. The van der Waals surface area contributed by atoms with E-state index in [1.807, 2.05) is 25.5 Å². The van der Waals surface area contributed by atoms with Gasteiger partial charge >= 0.3 is 0 Å². The van der Waals surface area contributed by atoms with Crippen molar-refractivity contribution in [3.63, 3.8) is 0 Å². The van der Waals surface area contributed by atoms with Gasteiger partial charge in [-0.2, -0.15) is 5.10 Å². The first-order valence-corrected chi connectivity index (χ1v) is 6.64. The third kappa shape index (κ3) is 3.51. The van der Waals surface area contributed by atoms with E-state index in [9.17, 15) is 0 Å². The Kier molecular flexibility index (Phi) is 6.11. The number of ether oxygens (including phenoxy) is 2. The molecule has 1 heterocycles. The first-order chi connectivity index (χ1) is 8.15. The van der Waals surface area contributed by atoms with Gasteiger partial charge in [-0.1, -0.05) is 0 Å². The summed E-state index contributed by atoms with van der Waals surface area (Å²) in [4.78, 5) is 0. The highest BCUT2D eigenvalue weighted by atomic mass is 79.9. The van der Waals surface area contributed by atoms with Gasteiger partial charge in [-0.05, 0) is 36.7 Å². The van der Waals surface area contributed by atoms with E-state index in [1.165, 1.54) is 0 Å². The summed E-state index contributed by atoms with van der Waals surface area (Å²) in [5.74, 6) is 0. The minimum atomic E-state index is -0.441. The lowest BCUT2D eigenvalue weighted by Gasteiger charge is -2.24. The van der Waals surface area contributed by atoms with Crippen LogP contribution in [-0.4, -0.2) is 29.3 Å². The molecular weight excluding hydrogens is 286 g/mol. The van der Waals surface area contributed by atoms with Crippen molar-refractivity contribution in [1.82, 2.24) is 9.78 Å². The summed E-state index contributed by atoms with van der Waals surface area (Å²) < 4.78 is 13.8. The Morgan fingerprint density at radius 1 is 1.35 bits per heavy atom. The molecule has 6 heteroatoms. The zero-order chi connectivity index (χ0) is 12.8. The molecule has 1 unspecified atom stereocenters. The second-order valence-electron chi connectivity index (χ2n) is 3.50. The summed E-state index contributed by atoms with van der Waals surface area (Å²) >= 11 is 3.45. The van der Waals surface area contributed by atoms with Gasteiger partial charge in [-0.3, -0.25) is 4.68 Å². The Morgan fingerprint density at radius 3 is 2.41 bits per heavy atom. The maximum Gasteiger partial charge on any atom is 0.178 e. The van der Waals surface area contributed by atoms with Crippen LogP contribution in [0.1, 0.15) is 32.5 Å². The Balaban J connectivity index is 2.90. The van der Waals surface area contributed by atoms with Crippen LogP contribution in [0, 0.1) is 0 Å². The number of aryl methyl sites for hydroxylation is 1. The van der Waals surface area contributed by atoms with Gasteiger partial charge in [0.2, 0.25) is 0 Å². The standard InChI is InChI=1S/C11H20BrN3O2/c1-4-15-10(8(12)7-14-15)9(13)11(16-5-2)17-6-3/h7,9,11H,4-6,13H2,1-3H3. The highest BCUT2D eigenvalue weighted by Gasteiger charge is 2.25. The molecule has 0 aromatic carbocycles. The maximum atomic E-state index is 6.19. The summed E-state index contributed by atoms with van der Waals surface area (Å²) in [5.41, 5.74) is 7.09. The quantitative estimate of drug-likeness (QED) is 0.783. The van der Waals surface area contributed by atoms with Gasteiger partial charge in [0.1, 0.15) is 0 Å². The molecule has 0 aliphatic carbocycles. The summed E-state index contributed by atoms with van der Waals surface area (Å²) in [6, 6.07) is -0.355. The molecule has 0 bridgehead atoms. The van der Waals surface area contributed by atoms with E-state index in [0.29, 0.717) is 13.2 Å². The molecule has 1 rings (SSSR count). The molecule has 98 valence electrons. The fraction of sp³-hybridized carbons (Fsp3) is 0.727. The van der Waals surface area contributed by atoms with E-state index >= 15 is 0 Å². The van der Waals surface area contributed by atoms with Gasteiger partial charge in [0.15, 0.2) is 6.29 Å². The largest absolute Gasteiger partial charge is 0.351 e. The topological polar surface area (TPSA) is 62.3 Å². The Bertz CT molecular complexity index is 337. The van der Waals surface area contributed by atoms with Crippen molar-refractivity contribution in [2.24, 2.45) is 5.73 Å². The van der Waals surface area contributed by atoms with Gasteiger partial charge in [-0.25, -0.2) is 0 Å². The number of hydrogen-bond acceptors (Lipinski definition) is 4. The van der Waals surface area contributed by atoms with Gasteiger partial charge in [0.05, 0.1) is 22.4 Å². The van der Waals surface area contributed by atoms with E-state index in [4.69, 9.17) is 15.2 Å². The molecule has 0 aliphatic heterocycles. The van der Waals surface area contributed by atoms with Crippen molar-refractivity contribution in [3.8, 4) is 0 Å². The normalized spacial score (nSPS) is 13.3. The van der Waals surface area contributed by atoms with E-state index in [0.717, 1.165) is 16.7 Å². The van der Waals surface area contributed by atoms with Crippen LogP contribution < -0.4 is 5.73 Å². The molecule has 0 radical (unpaired) electrons. The summed E-state index contributed by atoms with van der Waals surface area (Å²) in [6.07, 6.45) is 1.30. The van der Waals surface area contributed by atoms with Crippen LogP contribution in [0.15, 0.2) is 10.7 Å². The summed E-state index contributed by atoms with van der Waals surface area (Å²) in [7, 11) is 0. The number of aromatic nitrogens is 2. The molecule has 5 nitrogen and oxygen atoms in total. The number of halogens is 1. The number of rotatable bonds is 7. The van der Waals surface area contributed by atoms with Crippen molar-refractivity contribution < 1.29 is 9.47 Å². The molecule has 17 heavy (non-hydrogen) atoms. The molecule has 0 aliphatic rings. The van der Waals surface area contributed by atoms with Crippen LogP contribution >= 0.6 is 15.9 Å². The van der Waals surface area contributed by atoms with E-state index in [2.05, 4.69) is 21.0 Å². The van der Waals surface area contributed by atoms with Gasteiger partial charge in [-0.15, -0.1) is 0 Å². The highest BCUT2D eigenvalue weighted by Crippen LogP contribution is 2.25. The van der Waals surface area contributed by atoms with Gasteiger partial charge in [0, 0.05) is 19.8 Å². The molecule has 1 aromatic rings. The maximum absolute atomic E-state index is 6.19. The summed E-state index contributed by atoms with van der Waals surface area (Å²) in [6.45, 7) is 7.76. The molecule has 1 aromatic heterocycles. The Hall–Kier alpha value is -0.430. The van der Waals surface area contributed by atoms with Gasteiger partial charge < -0.3 is 15.2 Å². The van der Waals surface area contributed by atoms with Crippen LogP contribution in [0.3, 0.4) is 0 Å². The lowest BCUT2D eigenvalue weighted by Crippen LogP contribution is -2.33. The fourth-order valence-electron chi connectivity index (χ4n) is 1.67. The van der Waals surface area contributed by atoms with Crippen molar-refractivity contribution in [3.05, 3.63) is 16.4 Å². The molecule has 0 fully saturated rings. The molecule has 0 amide bonds. The van der Waals surface area contributed by atoms with E-state index in [-0.39, 0.29) is 6.04 Å². The first kappa shape index (κ1) is 14.6. The van der Waals surface area contributed by atoms with Crippen LogP contribution in [0.5, 0.6) is 0 Å². The second kappa shape index (κ2) is 7.10. The van der Waals surface area contributed by atoms with E-state index < -0.39 is 6.29 Å². The van der Waals surface area contributed by atoms with Crippen LogP contribution in [0.25, 0.3) is 0 Å². The number of nitrogens with zero attached hydrogens (tertiary/aromatic N) is 2. The van der Waals surface area contributed by atoms with Crippen LogP contribution in [0.2, 0.25) is 0 Å². The molecule has 0 spiro atoms. The molecule has 0 saturated heterocycles. The predicted octanol–water partition coefficient (Wildman–Crippen LogP) is 2.06. The van der Waals surface area contributed by atoms with Crippen molar-refractivity contribution in [2.45, 2.75) is 39.6 Å². The Labute approximate surface area is 110 Å². The third-order valence-corrected chi connectivity index (χ3v) is 3.01. The Morgan fingerprint density at radius 2 is 1.94 bits per heavy atom. The second-order valence-corrected chi connectivity index (χ2v) is 4.35. The van der Waals surface area contributed by atoms with Crippen molar-refractivity contribution in [2.75, 3.05) is 13.2 Å². The average molecular weight is 306 g/mol. The number of nitrogens with two attached hydrogens (primary N) is 1.